The van der Waals surface area contributed by atoms with Gasteiger partial charge in [-0.25, -0.2) is 9.18 Å². The normalized spacial score (nSPS) is 10.6. The molecule has 2 aromatic rings. The zero-order valence-corrected chi connectivity index (χ0v) is 10.0. The van der Waals surface area contributed by atoms with Crippen LogP contribution >= 0.6 is 0 Å². The van der Waals surface area contributed by atoms with Gasteiger partial charge in [0.25, 0.3) is 0 Å². The zero-order valence-electron chi connectivity index (χ0n) is 10.0. The van der Waals surface area contributed by atoms with Crippen LogP contribution in [0.2, 0.25) is 0 Å². The van der Waals surface area contributed by atoms with E-state index in [4.69, 9.17) is 15.2 Å². The number of halogens is 1. The monoisotopic (exact) mass is 252 g/mol. The number of nitrogen functional groups attached to an aromatic ring is 1. The smallest absolute Gasteiger partial charge is 0.342 e. The Morgan fingerprint density at radius 2 is 2.22 bits per heavy atom. The maximum atomic E-state index is 13.8. The van der Waals surface area contributed by atoms with Crippen LogP contribution in [0.5, 0.6) is 5.75 Å². The molecule has 0 spiro atoms. The van der Waals surface area contributed by atoms with Crippen LogP contribution < -0.4 is 10.5 Å². The van der Waals surface area contributed by atoms with Crippen molar-refractivity contribution in [3.8, 4) is 5.75 Å². The number of rotatable bonds is 3. The Balaban J connectivity index is 2.68. The van der Waals surface area contributed by atoms with Crippen molar-refractivity contribution in [3.63, 3.8) is 0 Å². The Morgan fingerprint density at radius 3 is 2.83 bits per heavy atom. The first-order valence-corrected chi connectivity index (χ1v) is 5.40. The highest BCUT2D eigenvalue weighted by atomic mass is 19.1. The van der Waals surface area contributed by atoms with Crippen molar-refractivity contribution in [1.82, 2.24) is 4.98 Å². The largest absolute Gasteiger partial charge is 0.497 e. The number of nitrogens with two attached hydrogens (primary N) is 1. The molecular formula is C12H13FN2O3. The zero-order chi connectivity index (χ0) is 13.3. The number of H-pyrrole nitrogens is 1. The number of methoxy groups -OCH3 is 1. The number of ether oxygens (including phenoxy) is 2. The maximum Gasteiger partial charge on any atom is 0.342 e. The number of hydrogen-bond acceptors (Lipinski definition) is 4. The second kappa shape index (κ2) is 4.56. The molecular weight excluding hydrogens is 239 g/mol. The van der Waals surface area contributed by atoms with Crippen molar-refractivity contribution in [2.24, 2.45) is 0 Å². The Hall–Kier alpha value is -2.24. The molecule has 96 valence electrons. The summed E-state index contributed by atoms with van der Waals surface area (Å²) in [5.41, 5.74) is 5.97. The van der Waals surface area contributed by atoms with E-state index in [-0.39, 0.29) is 23.5 Å². The number of hydrogen-bond donors (Lipinski definition) is 2. The van der Waals surface area contributed by atoms with Crippen LogP contribution in [-0.2, 0) is 4.74 Å². The number of anilines is 1. The number of aromatic nitrogens is 1. The van der Waals surface area contributed by atoms with Gasteiger partial charge in [0.05, 0.1) is 19.2 Å². The summed E-state index contributed by atoms with van der Waals surface area (Å²) in [4.78, 5) is 14.4. The second-order valence-electron chi connectivity index (χ2n) is 3.67. The van der Waals surface area contributed by atoms with Crippen LogP contribution in [0.3, 0.4) is 0 Å². The lowest BCUT2D eigenvalue weighted by atomic mass is 10.1. The third-order valence-corrected chi connectivity index (χ3v) is 2.58. The standard InChI is InChI=1S/C12H13FN2O3/c1-3-18-12(16)9-7-4-6(17-2)5-8(13)10(7)15-11(9)14/h4-5,15H,3,14H2,1-2H3. The number of fused-ring (bicyclic) bond motifs is 1. The molecule has 1 heterocycles. The van der Waals surface area contributed by atoms with E-state index in [1.807, 2.05) is 0 Å². The summed E-state index contributed by atoms with van der Waals surface area (Å²) >= 11 is 0. The van der Waals surface area contributed by atoms with Gasteiger partial charge < -0.3 is 20.2 Å². The molecule has 0 aliphatic rings. The predicted octanol–water partition coefficient (Wildman–Crippen LogP) is 2.07. The molecule has 0 bridgehead atoms. The first kappa shape index (κ1) is 12.2. The highest BCUT2D eigenvalue weighted by Gasteiger charge is 2.20. The summed E-state index contributed by atoms with van der Waals surface area (Å²) in [6.07, 6.45) is 0. The minimum atomic E-state index is -0.589. The quantitative estimate of drug-likeness (QED) is 0.820. The topological polar surface area (TPSA) is 77.3 Å². The fourth-order valence-corrected chi connectivity index (χ4v) is 1.79. The van der Waals surface area contributed by atoms with Gasteiger partial charge in [0.15, 0.2) is 5.82 Å². The molecule has 0 amide bonds. The fourth-order valence-electron chi connectivity index (χ4n) is 1.79. The molecule has 0 aliphatic heterocycles. The van der Waals surface area contributed by atoms with E-state index in [1.165, 1.54) is 19.2 Å². The third-order valence-electron chi connectivity index (χ3n) is 2.58. The van der Waals surface area contributed by atoms with Gasteiger partial charge in [0, 0.05) is 11.5 Å². The summed E-state index contributed by atoms with van der Waals surface area (Å²) in [7, 11) is 1.42. The van der Waals surface area contributed by atoms with Gasteiger partial charge in [-0.3, -0.25) is 0 Å². The molecule has 18 heavy (non-hydrogen) atoms. The van der Waals surface area contributed by atoms with Crippen molar-refractivity contribution in [1.29, 1.82) is 0 Å². The average molecular weight is 252 g/mol. The highest BCUT2D eigenvalue weighted by molar-refractivity contribution is 6.09. The summed E-state index contributed by atoms with van der Waals surface area (Å²) in [6.45, 7) is 1.90. The predicted molar refractivity (Wildman–Crippen MR) is 65.2 cm³/mol. The van der Waals surface area contributed by atoms with E-state index >= 15 is 0 Å². The van der Waals surface area contributed by atoms with Crippen LogP contribution in [0, 0.1) is 5.82 Å². The minimum absolute atomic E-state index is 0.0793. The Morgan fingerprint density at radius 1 is 1.50 bits per heavy atom. The third kappa shape index (κ3) is 1.85. The summed E-state index contributed by atoms with van der Waals surface area (Å²) in [5.74, 6) is -0.736. The molecule has 0 fully saturated rings. The van der Waals surface area contributed by atoms with E-state index in [0.29, 0.717) is 11.1 Å². The van der Waals surface area contributed by atoms with Crippen LogP contribution in [0.25, 0.3) is 10.9 Å². The SMILES string of the molecule is CCOC(=O)c1c(N)[nH]c2c(F)cc(OC)cc12. The Labute approximate surface area is 103 Å². The second-order valence-corrected chi connectivity index (χ2v) is 3.67. The number of aromatic amines is 1. The van der Waals surface area contributed by atoms with Crippen LogP contribution in [0.1, 0.15) is 17.3 Å². The number of esters is 1. The highest BCUT2D eigenvalue weighted by Crippen LogP contribution is 2.30. The number of benzene rings is 1. The van der Waals surface area contributed by atoms with E-state index in [2.05, 4.69) is 4.98 Å². The van der Waals surface area contributed by atoms with Crippen molar-refractivity contribution >= 4 is 22.7 Å². The fraction of sp³-hybridized carbons (Fsp3) is 0.250. The molecule has 3 N–H and O–H groups in total. The Kier molecular flexibility index (Phi) is 3.10. The van der Waals surface area contributed by atoms with Crippen LogP contribution in [0.4, 0.5) is 10.2 Å². The average Bonchev–Trinajstić information content (AvgIpc) is 2.66. The van der Waals surface area contributed by atoms with Gasteiger partial charge in [-0.2, -0.15) is 0 Å². The van der Waals surface area contributed by atoms with E-state index in [0.717, 1.165) is 0 Å². The molecule has 5 nitrogen and oxygen atoms in total. The van der Waals surface area contributed by atoms with Gasteiger partial charge in [-0.15, -0.1) is 0 Å². The molecule has 0 atom stereocenters. The van der Waals surface area contributed by atoms with Crippen LogP contribution in [-0.4, -0.2) is 24.7 Å². The summed E-state index contributed by atoms with van der Waals surface area (Å²) in [5, 5.41) is 0.350. The van der Waals surface area contributed by atoms with Crippen molar-refractivity contribution in [3.05, 3.63) is 23.5 Å². The van der Waals surface area contributed by atoms with Crippen molar-refractivity contribution < 1.29 is 18.7 Å². The maximum absolute atomic E-state index is 13.8. The van der Waals surface area contributed by atoms with Gasteiger partial charge in [-0.1, -0.05) is 0 Å². The molecule has 0 radical (unpaired) electrons. The minimum Gasteiger partial charge on any atom is -0.497 e. The summed E-state index contributed by atoms with van der Waals surface area (Å²) in [6, 6.07) is 2.75. The first-order valence-electron chi connectivity index (χ1n) is 5.40. The number of carbonyl (C=O) groups is 1. The molecule has 2 rings (SSSR count). The molecule has 0 unspecified atom stereocenters. The lowest BCUT2D eigenvalue weighted by Gasteiger charge is -2.03. The molecule has 1 aromatic carbocycles. The van der Waals surface area contributed by atoms with Gasteiger partial charge in [0.1, 0.15) is 17.1 Å². The van der Waals surface area contributed by atoms with Gasteiger partial charge in [-0.05, 0) is 13.0 Å². The van der Waals surface area contributed by atoms with Crippen LogP contribution in [0.15, 0.2) is 12.1 Å². The van der Waals surface area contributed by atoms with Gasteiger partial charge >= 0.3 is 5.97 Å². The molecule has 0 saturated carbocycles. The summed E-state index contributed by atoms with van der Waals surface area (Å²) < 4.78 is 23.6. The molecule has 0 aliphatic carbocycles. The van der Waals surface area contributed by atoms with Crippen molar-refractivity contribution in [2.75, 3.05) is 19.5 Å². The van der Waals surface area contributed by atoms with Crippen molar-refractivity contribution in [2.45, 2.75) is 6.92 Å². The number of carbonyl (C=O) groups excluding carboxylic acids is 1. The molecule has 6 heteroatoms. The number of nitrogens with one attached hydrogen (secondary N) is 1. The van der Waals surface area contributed by atoms with E-state index in [1.54, 1.807) is 6.92 Å². The lowest BCUT2D eigenvalue weighted by Crippen LogP contribution is -2.06. The van der Waals surface area contributed by atoms with Gasteiger partial charge in [0.2, 0.25) is 0 Å². The first-order chi connectivity index (χ1) is 8.58. The molecule has 1 aromatic heterocycles. The molecule has 0 saturated heterocycles. The van der Waals surface area contributed by atoms with E-state index in [9.17, 15) is 9.18 Å². The van der Waals surface area contributed by atoms with E-state index < -0.39 is 11.8 Å². The Bertz CT molecular complexity index is 607. The lowest BCUT2D eigenvalue weighted by molar-refractivity contribution is 0.0530.